The molecule has 31 heavy (non-hydrogen) atoms. The van der Waals surface area contributed by atoms with Crippen molar-refractivity contribution >= 4 is 17.7 Å². The molecule has 4 N–H and O–H groups in total. The fraction of sp³-hybridized carbons (Fsp3) is 0.522. The van der Waals surface area contributed by atoms with Crippen LogP contribution in [-0.2, 0) is 22.4 Å². The maximum atomic E-state index is 12.0. The normalized spacial score (nSPS) is 10.7. The van der Waals surface area contributed by atoms with E-state index in [0.717, 1.165) is 47.6 Å². The number of nitrogens with one attached hydrogen (secondary N) is 1. The Kier molecular flexibility index (Phi) is 10.0. The van der Waals surface area contributed by atoms with Crippen LogP contribution in [-0.4, -0.2) is 47.9 Å². The fourth-order valence-corrected chi connectivity index (χ4v) is 3.21. The Morgan fingerprint density at radius 1 is 1.23 bits per heavy atom. The van der Waals surface area contributed by atoms with Crippen LogP contribution < -0.4 is 15.8 Å². The number of hydrogen-bond acceptors (Lipinski definition) is 8. The molecule has 0 aliphatic rings. The van der Waals surface area contributed by atoms with Crippen molar-refractivity contribution in [1.82, 2.24) is 9.97 Å². The lowest BCUT2D eigenvalue weighted by atomic mass is 10.0. The van der Waals surface area contributed by atoms with Gasteiger partial charge in [0.15, 0.2) is 0 Å². The SMILES string of the molecule is CCCCNc1nc(N)nc(C)c1Cc1ccc(CC(=O)OCCCCO)cc1OC. The molecule has 8 heteroatoms. The molecule has 0 aliphatic carbocycles. The number of aliphatic hydroxyl groups excluding tert-OH is 1. The molecule has 0 fully saturated rings. The summed E-state index contributed by atoms with van der Waals surface area (Å²) in [5.74, 6) is 1.40. The van der Waals surface area contributed by atoms with Gasteiger partial charge in [-0.25, -0.2) is 4.98 Å². The number of benzene rings is 1. The van der Waals surface area contributed by atoms with Gasteiger partial charge in [-0.05, 0) is 43.4 Å². The number of nitrogens with two attached hydrogens (primary N) is 1. The molecule has 0 unspecified atom stereocenters. The Bertz CT molecular complexity index is 858. The summed E-state index contributed by atoms with van der Waals surface area (Å²) in [7, 11) is 1.61. The molecule has 2 rings (SSSR count). The molecule has 0 bridgehead atoms. The van der Waals surface area contributed by atoms with Crippen LogP contribution >= 0.6 is 0 Å². The highest BCUT2D eigenvalue weighted by Crippen LogP contribution is 2.28. The van der Waals surface area contributed by atoms with Crippen molar-refractivity contribution in [2.24, 2.45) is 0 Å². The molecule has 1 heterocycles. The van der Waals surface area contributed by atoms with Gasteiger partial charge in [-0.2, -0.15) is 4.98 Å². The van der Waals surface area contributed by atoms with Gasteiger partial charge < -0.3 is 25.6 Å². The minimum atomic E-state index is -0.294. The maximum absolute atomic E-state index is 12.0. The number of aromatic nitrogens is 2. The molecule has 0 atom stereocenters. The second kappa shape index (κ2) is 12.7. The molecular weight excluding hydrogens is 396 g/mol. The van der Waals surface area contributed by atoms with Gasteiger partial charge in [0.1, 0.15) is 11.6 Å². The summed E-state index contributed by atoms with van der Waals surface area (Å²) in [4.78, 5) is 20.8. The van der Waals surface area contributed by atoms with Gasteiger partial charge in [-0.3, -0.25) is 4.79 Å². The first-order chi connectivity index (χ1) is 15.0. The number of carbonyl (C=O) groups excluding carboxylic acids is 1. The van der Waals surface area contributed by atoms with Crippen LogP contribution in [0.5, 0.6) is 5.75 Å². The first kappa shape index (κ1) is 24.4. The molecule has 0 radical (unpaired) electrons. The molecule has 170 valence electrons. The van der Waals surface area contributed by atoms with Crippen molar-refractivity contribution in [2.75, 3.05) is 37.9 Å². The second-order valence-corrected chi connectivity index (χ2v) is 7.43. The van der Waals surface area contributed by atoms with Gasteiger partial charge >= 0.3 is 5.97 Å². The summed E-state index contributed by atoms with van der Waals surface area (Å²) < 4.78 is 10.8. The summed E-state index contributed by atoms with van der Waals surface area (Å²) >= 11 is 0. The highest BCUT2D eigenvalue weighted by atomic mass is 16.5. The number of nitrogen functional groups attached to an aromatic ring is 1. The Morgan fingerprint density at radius 2 is 2.03 bits per heavy atom. The van der Waals surface area contributed by atoms with E-state index in [-0.39, 0.29) is 24.9 Å². The van der Waals surface area contributed by atoms with Crippen LogP contribution in [0.3, 0.4) is 0 Å². The van der Waals surface area contributed by atoms with Crippen LogP contribution in [0.1, 0.15) is 55.0 Å². The first-order valence-electron chi connectivity index (χ1n) is 10.8. The molecule has 2 aromatic rings. The zero-order valence-corrected chi connectivity index (χ0v) is 18.7. The standard InChI is InChI=1S/C23H34N4O4/c1-4-5-10-25-22-19(16(2)26-23(24)27-22)15-18-9-8-17(13-20(18)30-3)14-21(29)31-12-7-6-11-28/h8-9,13,28H,4-7,10-12,14-15H2,1-3H3,(H3,24,25,26,27). The molecular formula is C23H34N4O4. The van der Waals surface area contributed by atoms with Crippen LogP contribution in [0.4, 0.5) is 11.8 Å². The molecule has 0 saturated heterocycles. The molecule has 8 nitrogen and oxygen atoms in total. The topological polar surface area (TPSA) is 120 Å². The smallest absolute Gasteiger partial charge is 0.310 e. The number of anilines is 2. The summed E-state index contributed by atoms with van der Waals surface area (Å²) in [5, 5.41) is 12.2. The van der Waals surface area contributed by atoms with Crippen molar-refractivity contribution in [3.8, 4) is 5.75 Å². The minimum absolute atomic E-state index is 0.102. The van der Waals surface area contributed by atoms with E-state index >= 15 is 0 Å². The van der Waals surface area contributed by atoms with Gasteiger partial charge in [0.25, 0.3) is 0 Å². The van der Waals surface area contributed by atoms with Crippen molar-refractivity contribution < 1.29 is 19.4 Å². The quantitative estimate of drug-likeness (QED) is 0.328. The Hall–Kier alpha value is -2.87. The van der Waals surface area contributed by atoms with E-state index < -0.39 is 0 Å². The largest absolute Gasteiger partial charge is 0.496 e. The number of esters is 1. The molecule has 0 spiro atoms. The van der Waals surface area contributed by atoms with Gasteiger partial charge in [0.05, 0.1) is 20.1 Å². The Labute approximate surface area is 184 Å². The first-order valence-corrected chi connectivity index (χ1v) is 10.8. The predicted octanol–water partition coefficient (Wildman–Crippen LogP) is 3.04. The van der Waals surface area contributed by atoms with Gasteiger partial charge in [-0.15, -0.1) is 0 Å². The van der Waals surface area contributed by atoms with Crippen LogP contribution in [0.25, 0.3) is 0 Å². The molecule has 0 amide bonds. The molecule has 1 aromatic heterocycles. The lowest BCUT2D eigenvalue weighted by Gasteiger charge is -2.16. The number of hydrogen-bond donors (Lipinski definition) is 3. The van der Waals surface area contributed by atoms with Crippen LogP contribution in [0.2, 0.25) is 0 Å². The monoisotopic (exact) mass is 430 g/mol. The number of nitrogens with zero attached hydrogens (tertiary/aromatic N) is 2. The van der Waals surface area contributed by atoms with Crippen LogP contribution in [0, 0.1) is 6.92 Å². The number of unbranched alkanes of at least 4 members (excludes halogenated alkanes) is 2. The average molecular weight is 431 g/mol. The number of ether oxygens (including phenoxy) is 2. The number of carbonyl (C=O) groups is 1. The lowest BCUT2D eigenvalue weighted by Crippen LogP contribution is -2.12. The highest BCUT2D eigenvalue weighted by Gasteiger charge is 2.15. The van der Waals surface area contributed by atoms with E-state index in [1.807, 2.05) is 25.1 Å². The zero-order valence-electron chi connectivity index (χ0n) is 18.7. The minimum Gasteiger partial charge on any atom is -0.496 e. The third-order valence-corrected chi connectivity index (χ3v) is 4.94. The van der Waals surface area contributed by atoms with Crippen molar-refractivity contribution in [1.29, 1.82) is 0 Å². The number of aryl methyl sites for hydroxylation is 1. The van der Waals surface area contributed by atoms with Gasteiger partial charge in [0, 0.05) is 30.8 Å². The Morgan fingerprint density at radius 3 is 2.74 bits per heavy atom. The molecule has 0 aliphatic heterocycles. The van der Waals surface area contributed by atoms with Crippen LogP contribution in [0.15, 0.2) is 18.2 Å². The summed E-state index contributed by atoms with van der Waals surface area (Å²) in [6.07, 6.45) is 4.15. The fourth-order valence-electron chi connectivity index (χ4n) is 3.21. The summed E-state index contributed by atoms with van der Waals surface area (Å²) in [6.45, 7) is 5.30. The average Bonchev–Trinajstić information content (AvgIpc) is 2.74. The second-order valence-electron chi connectivity index (χ2n) is 7.43. The number of methoxy groups -OCH3 is 1. The molecule has 0 saturated carbocycles. The third-order valence-electron chi connectivity index (χ3n) is 4.94. The highest BCUT2D eigenvalue weighted by molar-refractivity contribution is 5.72. The summed E-state index contributed by atoms with van der Waals surface area (Å²) in [5.41, 5.74) is 9.44. The third kappa shape index (κ3) is 7.71. The van der Waals surface area contributed by atoms with Crippen molar-refractivity contribution in [3.05, 3.63) is 40.6 Å². The van der Waals surface area contributed by atoms with Gasteiger partial charge in [0.2, 0.25) is 5.95 Å². The van der Waals surface area contributed by atoms with E-state index in [4.69, 9.17) is 20.3 Å². The number of aliphatic hydroxyl groups is 1. The predicted molar refractivity (Wildman–Crippen MR) is 121 cm³/mol. The van der Waals surface area contributed by atoms with Crippen molar-refractivity contribution in [2.45, 2.75) is 52.4 Å². The van der Waals surface area contributed by atoms with E-state index in [0.29, 0.717) is 31.6 Å². The van der Waals surface area contributed by atoms with Crippen molar-refractivity contribution in [3.63, 3.8) is 0 Å². The van der Waals surface area contributed by atoms with E-state index in [2.05, 4.69) is 22.2 Å². The zero-order chi connectivity index (χ0) is 22.6. The van der Waals surface area contributed by atoms with E-state index in [1.165, 1.54) is 0 Å². The lowest BCUT2D eigenvalue weighted by molar-refractivity contribution is -0.143. The van der Waals surface area contributed by atoms with Gasteiger partial charge in [-0.1, -0.05) is 25.5 Å². The Balaban J connectivity index is 2.14. The number of rotatable bonds is 13. The maximum Gasteiger partial charge on any atom is 0.310 e. The van der Waals surface area contributed by atoms with E-state index in [9.17, 15) is 4.79 Å². The molecule has 1 aromatic carbocycles. The summed E-state index contributed by atoms with van der Waals surface area (Å²) in [6, 6.07) is 5.73. The van der Waals surface area contributed by atoms with E-state index in [1.54, 1.807) is 7.11 Å².